The molecule has 1 heterocycles. The molecule has 1 aromatic heterocycles. The number of Topliss-reactive ketones (excluding diaryl/α,β-unsaturated/α-hetero) is 1. The minimum atomic E-state index is -3.85. The fourth-order valence-electron chi connectivity index (χ4n) is 3.33. The molecule has 7 nitrogen and oxygen atoms in total. The van der Waals surface area contributed by atoms with Crippen molar-refractivity contribution in [3.63, 3.8) is 0 Å². The Morgan fingerprint density at radius 2 is 1.75 bits per heavy atom. The molecule has 168 valence electrons. The first-order valence-electron chi connectivity index (χ1n) is 9.78. The molecule has 0 unspecified atom stereocenters. The van der Waals surface area contributed by atoms with Crippen molar-refractivity contribution in [2.45, 2.75) is 25.3 Å². The van der Waals surface area contributed by atoms with Crippen LogP contribution < -0.4 is 4.72 Å². The summed E-state index contributed by atoms with van der Waals surface area (Å²) in [6.45, 7) is 3.92. The van der Waals surface area contributed by atoms with E-state index in [1.807, 2.05) is 48.7 Å². The van der Waals surface area contributed by atoms with E-state index in [2.05, 4.69) is 4.72 Å². The third-order valence-electron chi connectivity index (χ3n) is 5.12. The van der Waals surface area contributed by atoms with Gasteiger partial charge >= 0.3 is 5.97 Å². The normalized spacial score (nSPS) is 11.4. The highest BCUT2D eigenvalue weighted by molar-refractivity contribution is 7.89. The van der Waals surface area contributed by atoms with Crippen molar-refractivity contribution in [3.8, 4) is 0 Å². The maximum Gasteiger partial charge on any atom is 0.338 e. The summed E-state index contributed by atoms with van der Waals surface area (Å²) in [6, 6.07) is 15.4. The molecule has 3 aromatic rings. The number of nitrogens with one attached hydrogen (secondary N) is 1. The van der Waals surface area contributed by atoms with Crippen molar-refractivity contribution >= 4 is 33.4 Å². The number of carbonyl (C=O) groups is 2. The van der Waals surface area contributed by atoms with Crippen LogP contribution in [0.15, 0.2) is 59.5 Å². The molecule has 2 aromatic carbocycles. The van der Waals surface area contributed by atoms with E-state index in [0.717, 1.165) is 23.0 Å². The maximum atomic E-state index is 12.7. The van der Waals surface area contributed by atoms with Gasteiger partial charge < -0.3 is 9.30 Å². The van der Waals surface area contributed by atoms with Crippen LogP contribution >= 0.6 is 11.6 Å². The molecular formula is C23H23ClN2O5S. The van der Waals surface area contributed by atoms with Crippen molar-refractivity contribution in [2.75, 3.05) is 13.7 Å². The highest BCUT2D eigenvalue weighted by Gasteiger charge is 2.21. The Morgan fingerprint density at radius 1 is 1.06 bits per heavy atom. The van der Waals surface area contributed by atoms with Crippen LogP contribution in [0.2, 0.25) is 5.02 Å². The van der Waals surface area contributed by atoms with Crippen molar-refractivity contribution in [1.29, 1.82) is 0 Å². The monoisotopic (exact) mass is 474 g/mol. The van der Waals surface area contributed by atoms with Crippen LogP contribution in [0, 0.1) is 13.8 Å². The smallest absolute Gasteiger partial charge is 0.338 e. The zero-order valence-corrected chi connectivity index (χ0v) is 19.5. The summed E-state index contributed by atoms with van der Waals surface area (Å²) in [4.78, 5) is 24.9. The third kappa shape index (κ3) is 5.09. The van der Waals surface area contributed by atoms with E-state index >= 15 is 0 Å². The number of aromatic nitrogens is 1. The van der Waals surface area contributed by atoms with Gasteiger partial charge in [0.15, 0.2) is 6.61 Å². The number of rotatable bonds is 8. The second kappa shape index (κ2) is 9.68. The molecule has 0 saturated carbocycles. The molecule has 0 saturated heterocycles. The molecule has 0 amide bonds. The number of carbonyl (C=O) groups excluding carboxylic acids is 2. The Bertz CT molecular complexity index is 1270. The summed E-state index contributed by atoms with van der Waals surface area (Å²) in [5.74, 6) is -1.16. The second-order valence-corrected chi connectivity index (χ2v) is 9.47. The zero-order valence-electron chi connectivity index (χ0n) is 17.9. The highest BCUT2D eigenvalue weighted by atomic mass is 35.5. The topological polar surface area (TPSA) is 94.5 Å². The number of hydrogen-bond donors (Lipinski definition) is 1. The van der Waals surface area contributed by atoms with Crippen LogP contribution in [0.5, 0.6) is 0 Å². The predicted molar refractivity (Wildman–Crippen MR) is 122 cm³/mol. The number of esters is 1. The van der Waals surface area contributed by atoms with E-state index in [-0.39, 0.29) is 21.3 Å². The zero-order chi connectivity index (χ0) is 23.5. The van der Waals surface area contributed by atoms with Crippen LogP contribution in [-0.2, 0) is 21.3 Å². The Kier molecular flexibility index (Phi) is 7.18. The fourth-order valence-corrected chi connectivity index (χ4v) is 4.58. The van der Waals surface area contributed by atoms with E-state index in [1.165, 1.54) is 19.2 Å². The molecule has 0 radical (unpaired) electrons. The van der Waals surface area contributed by atoms with Gasteiger partial charge in [-0.3, -0.25) is 4.79 Å². The summed E-state index contributed by atoms with van der Waals surface area (Å²) in [5.41, 5.74) is 3.25. The molecule has 0 aliphatic heterocycles. The number of sulfonamides is 1. The molecule has 0 spiro atoms. The number of ether oxygens (including phenoxy) is 1. The van der Waals surface area contributed by atoms with Gasteiger partial charge in [-0.25, -0.2) is 17.9 Å². The number of aryl methyl sites for hydroxylation is 1. The largest absolute Gasteiger partial charge is 0.454 e. The maximum absolute atomic E-state index is 12.7. The number of benzene rings is 2. The number of hydrogen-bond acceptors (Lipinski definition) is 5. The molecule has 0 fully saturated rings. The first kappa shape index (κ1) is 23.7. The van der Waals surface area contributed by atoms with Gasteiger partial charge in [0.25, 0.3) is 0 Å². The van der Waals surface area contributed by atoms with Crippen LogP contribution in [-0.4, -0.2) is 38.4 Å². The quantitative estimate of drug-likeness (QED) is 0.396. The number of nitrogens with zero attached hydrogens (tertiary/aromatic N) is 1. The van der Waals surface area contributed by atoms with Gasteiger partial charge in [0, 0.05) is 23.5 Å². The standard InChI is InChI=1S/C23H23ClN2O5S/c1-15-11-19(16(2)26(15)13-17-7-5-4-6-8-17)21(27)14-31-23(28)18-9-10-20(24)22(12-18)32(29,30)25-3/h4-12,25H,13-14H2,1-3H3. The molecule has 0 atom stereocenters. The van der Waals surface area contributed by atoms with Crippen molar-refractivity contribution < 1.29 is 22.7 Å². The van der Waals surface area contributed by atoms with Gasteiger partial charge in [-0.05, 0) is 50.7 Å². The van der Waals surface area contributed by atoms with Gasteiger partial charge in [0.2, 0.25) is 15.8 Å². The van der Waals surface area contributed by atoms with Crippen molar-refractivity contribution in [2.24, 2.45) is 0 Å². The molecule has 9 heteroatoms. The molecule has 32 heavy (non-hydrogen) atoms. The van der Waals surface area contributed by atoms with E-state index in [1.54, 1.807) is 6.07 Å². The Balaban J connectivity index is 1.73. The highest BCUT2D eigenvalue weighted by Crippen LogP contribution is 2.23. The third-order valence-corrected chi connectivity index (χ3v) is 7.01. The summed E-state index contributed by atoms with van der Waals surface area (Å²) in [7, 11) is -2.61. The van der Waals surface area contributed by atoms with E-state index < -0.39 is 22.6 Å². The summed E-state index contributed by atoms with van der Waals surface area (Å²) >= 11 is 5.94. The van der Waals surface area contributed by atoms with Gasteiger partial charge in [0.05, 0.1) is 10.6 Å². The summed E-state index contributed by atoms with van der Waals surface area (Å²) < 4.78 is 33.4. The SMILES string of the molecule is CNS(=O)(=O)c1cc(C(=O)OCC(=O)c2cc(C)n(Cc3ccccc3)c2C)ccc1Cl. The van der Waals surface area contributed by atoms with Crippen molar-refractivity contribution in [1.82, 2.24) is 9.29 Å². The number of halogens is 1. The Labute approximate surface area is 192 Å². The van der Waals surface area contributed by atoms with E-state index in [9.17, 15) is 18.0 Å². The average Bonchev–Trinajstić information content (AvgIpc) is 3.06. The molecule has 0 aliphatic carbocycles. The summed E-state index contributed by atoms with van der Waals surface area (Å²) in [6.07, 6.45) is 0. The van der Waals surface area contributed by atoms with Gasteiger partial charge in [-0.15, -0.1) is 0 Å². The van der Waals surface area contributed by atoms with E-state index in [4.69, 9.17) is 16.3 Å². The van der Waals surface area contributed by atoms with Gasteiger partial charge in [-0.1, -0.05) is 41.9 Å². The van der Waals surface area contributed by atoms with Gasteiger partial charge in [0.1, 0.15) is 4.90 Å². The molecule has 3 rings (SSSR count). The Morgan fingerprint density at radius 3 is 2.41 bits per heavy atom. The first-order valence-corrected chi connectivity index (χ1v) is 11.6. The van der Waals surface area contributed by atoms with Crippen LogP contribution in [0.25, 0.3) is 0 Å². The minimum absolute atomic E-state index is 0.0226. The average molecular weight is 475 g/mol. The Hall–Kier alpha value is -2.94. The lowest BCUT2D eigenvalue weighted by Crippen LogP contribution is -2.20. The van der Waals surface area contributed by atoms with E-state index in [0.29, 0.717) is 12.1 Å². The lowest BCUT2D eigenvalue weighted by atomic mass is 10.1. The predicted octanol–water partition coefficient (Wildman–Crippen LogP) is 3.75. The minimum Gasteiger partial charge on any atom is -0.454 e. The first-order chi connectivity index (χ1) is 15.1. The molecule has 1 N–H and O–H groups in total. The summed E-state index contributed by atoms with van der Waals surface area (Å²) in [5, 5.41) is -0.0298. The van der Waals surface area contributed by atoms with Gasteiger partial charge in [-0.2, -0.15) is 0 Å². The van der Waals surface area contributed by atoms with Crippen LogP contribution in [0.1, 0.15) is 37.7 Å². The fraction of sp³-hybridized carbons (Fsp3) is 0.217. The van der Waals surface area contributed by atoms with Crippen molar-refractivity contribution in [3.05, 3.63) is 87.7 Å². The molecule has 0 bridgehead atoms. The second-order valence-electron chi connectivity index (χ2n) is 7.21. The lowest BCUT2D eigenvalue weighted by molar-refractivity contribution is 0.0474. The molecular weight excluding hydrogens is 452 g/mol. The number of ketones is 1. The lowest BCUT2D eigenvalue weighted by Gasteiger charge is -2.10. The van der Waals surface area contributed by atoms with Crippen LogP contribution in [0.4, 0.5) is 0 Å². The molecule has 0 aliphatic rings. The van der Waals surface area contributed by atoms with Crippen LogP contribution in [0.3, 0.4) is 0 Å².